The van der Waals surface area contributed by atoms with Crippen molar-refractivity contribution in [2.24, 2.45) is 0 Å². The monoisotopic (exact) mass is 449 g/mol. The van der Waals surface area contributed by atoms with E-state index >= 15 is 0 Å². The Hall–Kier alpha value is -2.87. The highest BCUT2D eigenvalue weighted by molar-refractivity contribution is 5.57. The summed E-state index contributed by atoms with van der Waals surface area (Å²) in [6.07, 6.45) is 6.77. The number of aromatic nitrogens is 4. The maximum absolute atomic E-state index is 5.41. The molecule has 3 aromatic rings. The topological polar surface area (TPSA) is 79.6 Å². The predicted octanol–water partition coefficient (Wildman–Crippen LogP) is 4.15. The van der Waals surface area contributed by atoms with Gasteiger partial charge >= 0.3 is 0 Å². The van der Waals surface area contributed by atoms with Crippen molar-refractivity contribution < 1.29 is 4.74 Å². The lowest BCUT2D eigenvalue weighted by Gasteiger charge is -2.39. The zero-order chi connectivity index (χ0) is 23.0. The number of anilines is 2. The van der Waals surface area contributed by atoms with Crippen LogP contribution in [0.3, 0.4) is 0 Å². The summed E-state index contributed by atoms with van der Waals surface area (Å²) in [6.45, 7) is 9.58. The largest absolute Gasteiger partial charge is 0.497 e. The number of fused-ring (bicyclic) bond motifs is 1. The molecule has 2 aromatic heterocycles. The lowest BCUT2D eigenvalue weighted by Crippen LogP contribution is -2.50. The molecule has 2 N–H and O–H groups in total. The first-order valence-corrected chi connectivity index (χ1v) is 12.1. The van der Waals surface area contributed by atoms with E-state index in [2.05, 4.69) is 53.5 Å². The number of hydrogen-bond donors (Lipinski definition) is 2. The average Bonchev–Trinajstić information content (AvgIpc) is 3.47. The number of nitrogens with zero attached hydrogens (tertiary/aromatic N) is 5. The Bertz CT molecular complexity index is 1110. The molecule has 2 saturated heterocycles. The van der Waals surface area contributed by atoms with Crippen molar-refractivity contribution >= 4 is 17.5 Å². The Morgan fingerprint density at radius 1 is 1.12 bits per heavy atom. The molecule has 4 heterocycles. The van der Waals surface area contributed by atoms with Gasteiger partial charge in [0.05, 0.1) is 19.3 Å². The van der Waals surface area contributed by atoms with E-state index in [-0.39, 0.29) is 6.04 Å². The molecular weight excluding hydrogens is 414 g/mol. The van der Waals surface area contributed by atoms with E-state index in [1.165, 1.54) is 12.8 Å². The molecule has 8 heteroatoms. The minimum Gasteiger partial charge on any atom is -0.497 e. The zero-order valence-corrected chi connectivity index (χ0v) is 20.1. The summed E-state index contributed by atoms with van der Waals surface area (Å²) in [5.41, 5.74) is 3.48. The van der Waals surface area contributed by atoms with Gasteiger partial charge in [0, 0.05) is 24.2 Å². The maximum Gasteiger partial charge on any atom is 0.230 e. The molecule has 2 fully saturated rings. The number of piperidine rings is 1. The van der Waals surface area contributed by atoms with Gasteiger partial charge in [-0.25, -0.2) is 0 Å². The molecule has 1 spiro atoms. The third kappa shape index (κ3) is 4.24. The van der Waals surface area contributed by atoms with Crippen LogP contribution in [0.4, 0.5) is 11.9 Å². The van der Waals surface area contributed by atoms with Gasteiger partial charge in [0.1, 0.15) is 5.75 Å². The highest BCUT2D eigenvalue weighted by Gasteiger charge is 2.37. The van der Waals surface area contributed by atoms with Gasteiger partial charge in [-0.05, 0) is 62.8 Å². The number of hydrogen-bond acceptors (Lipinski definition) is 7. The quantitative estimate of drug-likeness (QED) is 0.585. The summed E-state index contributed by atoms with van der Waals surface area (Å²) in [5.74, 6) is 2.69. The average molecular weight is 450 g/mol. The normalized spacial score (nSPS) is 18.9. The number of ether oxygens (including phenoxy) is 1. The molecule has 1 atom stereocenters. The minimum absolute atomic E-state index is 0.0325. The van der Waals surface area contributed by atoms with Crippen LogP contribution in [-0.2, 0) is 0 Å². The SMILES string of the molecule is COc1cccc([C@H](C)Nc2nc(N3CCC4(CCCN4)CC3)nc3c(C(C)C)cnn23)c1. The van der Waals surface area contributed by atoms with E-state index in [9.17, 15) is 0 Å². The van der Waals surface area contributed by atoms with Crippen molar-refractivity contribution in [2.75, 3.05) is 37.0 Å². The van der Waals surface area contributed by atoms with Gasteiger partial charge in [0.25, 0.3) is 0 Å². The number of rotatable bonds is 6. The van der Waals surface area contributed by atoms with Gasteiger partial charge in [0.15, 0.2) is 5.65 Å². The van der Waals surface area contributed by atoms with Crippen molar-refractivity contribution in [1.29, 1.82) is 0 Å². The highest BCUT2D eigenvalue weighted by Crippen LogP contribution is 2.33. The molecule has 0 amide bonds. The summed E-state index contributed by atoms with van der Waals surface area (Å²) in [5, 5.41) is 12.0. The summed E-state index contributed by atoms with van der Waals surface area (Å²) < 4.78 is 7.26. The first kappa shape index (κ1) is 21.9. The lowest BCUT2D eigenvalue weighted by atomic mass is 9.86. The summed E-state index contributed by atoms with van der Waals surface area (Å²) in [4.78, 5) is 12.3. The zero-order valence-electron chi connectivity index (χ0n) is 20.1. The Kier molecular flexibility index (Phi) is 5.86. The van der Waals surface area contributed by atoms with Crippen LogP contribution in [0.2, 0.25) is 0 Å². The van der Waals surface area contributed by atoms with Gasteiger partial charge < -0.3 is 20.3 Å². The fourth-order valence-electron chi connectivity index (χ4n) is 5.14. The Labute approximate surface area is 195 Å². The van der Waals surface area contributed by atoms with E-state index in [0.29, 0.717) is 11.5 Å². The number of benzene rings is 1. The predicted molar refractivity (Wildman–Crippen MR) is 131 cm³/mol. The minimum atomic E-state index is 0.0325. The van der Waals surface area contributed by atoms with E-state index in [4.69, 9.17) is 14.7 Å². The van der Waals surface area contributed by atoms with Crippen LogP contribution in [0.5, 0.6) is 5.75 Å². The van der Waals surface area contributed by atoms with Crippen LogP contribution in [0.1, 0.15) is 69.5 Å². The van der Waals surface area contributed by atoms with Crippen LogP contribution in [0, 0.1) is 0 Å². The molecule has 0 bridgehead atoms. The second-order valence-corrected chi connectivity index (χ2v) is 9.78. The third-order valence-electron chi connectivity index (χ3n) is 7.28. The second-order valence-electron chi connectivity index (χ2n) is 9.78. The first-order valence-electron chi connectivity index (χ1n) is 12.1. The van der Waals surface area contributed by atoms with Gasteiger partial charge in [-0.2, -0.15) is 19.6 Å². The molecule has 33 heavy (non-hydrogen) atoms. The van der Waals surface area contributed by atoms with Crippen LogP contribution < -0.4 is 20.3 Å². The molecule has 0 saturated carbocycles. The Morgan fingerprint density at radius 2 is 1.94 bits per heavy atom. The smallest absolute Gasteiger partial charge is 0.230 e. The molecule has 0 aliphatic carbocycles. The third-order valence-corrected chi connectivity index (χ3v) is 7.28. The Morgan fingerprint density at radius 3 is 2.64 bits per heavy atom. The summed E-state index contributed by atoms with van der Waals surface area (Å²) in [6, 6.07) is 8.16. The van der Waals surface area contributed by atoms with Crippen molar-refractivity contribution in [3.05, 3.63) is 41.6 Å². The van der Waals surface area contributed by atoms with Crippen molar-refractivity contribution in [1.82, 2.24) is 24.9 Å². The molecule has 8 nitrogen and oxygen atoms in total. The lowest BCUT2D eigenvalue weighted by molar-refractivity contribution is 0.295. The highest BCUT2D eigenvalue weighted by atomic mass is 16.5. The van der Waals surface area contributed by atoms with Crippen LogP contribution in [0.15, 0.2) is 30.5 Å². The molecule has 0 unspecified atom stereocenters. The Balaban J connectivity index is 1.47. The van der Waals surface area contributed by atoms with Gasteiger partial charge in [-0.1, -0.05) is 26.0 Å². The molecule has 176 valence electrons. The van der Waals surface area contributed by atoms with E-state index in [1.807, 2.05) is 22.8 Å². The fraction of sp³-hybridized carbons (Fsp3) is 0.560. The van der Waals surface area contributed by atoms with E-state index < -0.39 is 0 Å². The summed E-state index contributed by atoms with van der Waals surface area (Å²) in [7, 11) is 1.69. The molecule has 2 aliphatic heterocycles. The molecule has 2 aliphatic rings. The second kappa shape index (κ2) is 8.82. The fourth-order valence-corrected chi connectivity index (χ4v) is 5.14. The standard InChI is InChI=1S/C25H35N7O/c1-17(2)21-16-27-32-22(21)29-23(31-13-10-25(11-14-31)9-6-12-26-25)30-24(32)28-18(3)19-7-5-8-20(15-19)33-4/h5,7-8,15-18,26H,6,9-14H2,1-4H3,(H,28,29,30)/t18-/m0/s1. The molecule has 5 rings (SSSR count). The van der Waals surface area contributed by atoms with Gasteiger partial charge in [-0.3, -0.25) is 0 Å². The summed E-state index contributed by atoms with van der Waals surface area (Å²) >= 11 is 0. The van der Waals surface area contributed by atoms with Gasteiger partial charge in [0.2, 0.25) is 11.9 Å². The number of nitrogens with one attached hydrogen (secondary N) is 2. The van der Waals surface area contributed by atoms with Crippen molar-refractivity contribution in [2.45, 2.75) is 64.0 Å². The van der Waals surface area contributed by atoms with Crippen LogP contribution in [0.25, 0.3) is 5.65 Å². The van der Waals surface area contributed by atoms with Gasteiger partial charge in [-0.15, -0.1) is 0 Å². The molecule has 0 radical (unpaired) electrons. The van der Waals surface area contributed by atoms with E-state index in [1.54, 1.807) is 7.11 Å². The van der Waals surface area contributed by atoms with Crippen molar-refractivity contribution in [3.63, 3.8) is 0 Å². The number of methoxy groups -OCH3 is 1. The van der Waals surface area contributed by atoms with Crippen molar-refractivity contribution in [3.8, 4) is 5.75 Å². The van der Waals surface area contributed by atoms with Crippen LogP contribution in [-0.4, -0.2) is 51.9 Å². The molecular formula is C25H35N7O. The molecule has 1 aromatic carbocycles. The van der Waals surface area contributed by atoms with E-state index in [0.717, 1.165) is 66.9 Å². The maximum atomic E-state index is 5.41. The first-order chi connectivity index (χ1) is 16.0. The van der Waals surface area contributed by atoms with Crippen LogP contribution >= 0.6 is 0 Å².